The Bertz CT molecular complexity index is 992. The standard InChI is InChI=1S/C22H26N4O6/c1-4-23-21(29)16-11-15(7-8-18(16)31-3)26-20(28)12-24-22(30)17-10-14(25-13-27)6-9-19(17)32-5-2/h6-11,13H,4-5,12H2,1-3H3,(H,23,29)(H,24,30)(H,25,27)(H,26,28). The van der Waals surface area contributed by atoms with Gasteiger partial charge in [0.25, 0.3) is 11.8 Å². The first-order valence-corrected chi connectivity index (χ1v) is 9.94. The van der Waals surface area contributed by atoms with E-state index in [9.17, 15) is 19.2 Å². The lowest BCUT2D eigenvalue weighted by Crippen LogP contribution is -2.33. The van der Waals surface area contributed by atoms with Gasteiger partial charge in [0.2, 0.25) is 12.3 Å². The van der Waals surface area contributed by atoms with Crippen molar-refractivity contribution in [2.75, 3.05) is 37.4 Å². The van der Waals surface area contributed by atoms with Crippen molar-refractivity contribution >= 4 is 35.5 Å². The number of benzene rings is 2. The first kappa shape index (κ1) is 24.2. The van der Waals surface area contributed by atoms with Crippen LogP contribution in [0.25, 0.3) is 0 Å². The molecule has 0 heterocycles. The predicted octanol–water partition coefficient (Wildman–Crippen LogP) is 1.78. The van der Waals surface area contributed by atoms with E-state index < -0.39 is 11.8 Å². The van der Waals surface area contributed by atoms with Crippen LogP contribution in [0.4, 0.5) is 11.4 Å². The van der Waals surface area contributed by atoms with E-state index in [1.165, 1.54) is 19.2 Å². The first-order valence-electron chi connectivity index (χ1n) is 9.94. The Labute approximate surface area is 185 Å². The van der Waals surface area contributed by atoms with Crippen molar-refractivity contribution < 1.29 is 28.7 Å². The van der Waals surface area contributed by atoms with Gasteiger partial charge in [-0.05, 0) is 50.2 Å². The molecule has 0 fully saturated rings. The zero-order valence-corrected chi connectivity index (χ0v) is 18.1. The number of carbonyl (C=O) groups is 4. The molecule has 0 bridgehead atoms. The van der Waals surface area contributed by atoms with Crippen LogP contribution < -0.4 is 30.7 Å². The number of nitrogens with one attached hydrogen (secondary N) is 4. The summed E-state index contributed by atoms with van der Waals surface area (Å²) in [5, 5.41) is 10.3. The van der Waals surface area contributed by atoms with E-state index in [1.807, 2.05) is 0 Å². The zero-order valence-electron chi connectivity index (χ0n) is 18.1. The van der Waals surface area contributed by atoms with Crippen LogP contribution in [0.3, 0.4) is 0 Å². The molecule has 0 saturated carbocycles. The highest BCUT2D eigenvalue weighted by atomic mass is 16.5. The molecule has 10 heteroatoms. The molecular formula is C22H26N4O6. The fourth-order valence-electron chi connectivity index (χ4n) is 2.83. The van der Waals surface area contributed by atoms with Crippen molar-refractivity contribution in [2.24, 2.45) is 0 Å². The Hall–Kier alpha value is -4.08. The van der Waals surface area contributed by atoms with Gasteiger partial charge in [0, 0.05) is 17.9 Å². The third-order valence-corrected chi connectivity index (χ3v) is 4.22. The third kappa shape index (κ3) is 6.46. The second-order valence-corrected chi connectivity index (χ2v) is 6.41. The molecule has 0 saturated heterocycles. The molecule has 4 amide bonds. The summed E-state index contributed by atoms with van der Waals surface area (Å²) in [6.07, 6.45) is 0.495. The van der Waals surface area contributed by atoms with Crippen LogP contribution in [-0.4, -0.2) is 50.9 Å². The maximum atomic E-state index is 12.6. The monoisotopic (exact) mass is 442 g/mol. The van der Waals surface area contributed by atoms with Crippen molar-refractivity contribution in [3.8, 4) is 11.5 Å². The molecule has 0 aliphatic carbocycles. The molecule has 2 aromatic carbocycles. The molecule has 32 heavy (non-hydrogen) atoms. The summed E-state index contributed by atoms with van der Waals surface area (Å²) in [7, 11) is 1.45. The van der Waals surface area contributed by atoms with E-state index in [1.54, 1.807) is 38.1 Å². The molecule has 0 aliphatic rings. The summed E-state index contributed by atoms with van der Waals surface area (Å²) in [5.41, 5.74) is 1.24. The number of anilines is 2. The van der Waals surface area contributed by atoms with Gasteiger partial charge in [-0.2, -0.15) is 0 Å². The molecule has 10 nitrogen and oxygen atoms in total. The molecule has 170 valence electrons. The van der Waals surface area contributed by atoms with Crippen molar-refractivity contribution in [2.45, 2.75) is 13.8 Å². The van der Waals surface area contributed by atoms with Gasteiger partial charge in [-0.1, -0.05) is 0 Å². The van der Waals surface area contributed by atoms with Crippen molar-refractivity contribution in [1.29, 1.82) is 0 Å². The Morgan fingerprint density at radius 3 is 2.19 bits per heavy atom. The average Bonchev–Trinajstić information content (AvgIpc) is 2.79. The number of carbonyl (C=O) groups excluding carboxylic acids is 4. The van der Waals surface area contributed by atoms with Gasteiger partial charge in [0.05, 0.1) is 31.4 Å². The second-order valence-electron chi connectivity index (χ2n) is 6.41. The van der Waals surface area contributed by atoms with Gasteiger partial charge in [-0.25, -0.2) is 0 Å². The van der Waals surface area contributed by atoms with Crippen LogP contribution in [0, 0.1) is 0 Å². The summed E-state index contributed by atoms with van der Waals surface area (Å²) in [6.45, 7) is 4.03. The zero-order chi connectivity index (χ0) is 23.5. The average molecular weight is 442 g/mol. The SMILES string of the molecule is CCNC(=O)c1cc(NC(=O)CNC(=O)c2cc(NC=O)ccc2OCC)ccc1OC. The van der Waals surface area contributed by atoms with Crippen molar-refractivity contribution in [3.05, 3.63) is 47.5 Å². The summed E-state index contributed by atoms with van der Waals surface area (Å²) in [4.78, 5) is 47.8. The smallest absolute Gasteiger partial charge is 0.255 e. The number of hydrogen-bond acceptors (Lipinski definition) is 6. The lowest BCUT2D eigenvalue weighted by atomic mass is 10.1. The minimum atomic E-state index is -0.545. The molecule has 0 atom stereocenters. The van der Waals surface area contributed by atoms with Gasteiger partial charge in [-0.15, -0.1) is 0 Å². The van der Waals surface area contributed by atoms with Crippen LogP contribution in [0.2, 0.25) is 0 Å². The Morgan fingerprint density at radius 1 is 0.906 bits per heavy atom. The van der Waals surface area contributed by atoms with Crippen LogP contribution >= 0.6 is 0 Å². The van der Waals surface area contributed by atoms with E-state index >= 15 is 0 Å². The van der Waals surface area contributed by atoms with Crippen molar-refractivity contribution in [3.63, 3.8) is 0 Å². The fraction of sp³-hybridized carbons (Fsp3) is 0.273. The number of methoxy groups -OCH3 is 1. The molecule has 2 rings (SSSR count). The molecule has 4 N–H and O–H groups in total. The van der Waals surface area contributed by atoms with E-state index in [2.05, 4.69) is 21.3 Å². The maximum absolute atomic E-state index is 12.6. The third-order valence-electron chi connectivity index (χ3n) is 4.22. The molecule has 0 unspecified atom stereocenters. The van der Waals surface area contributed by atoms with Crippen LogP contribution in [0.1, 0.15) is 34.6 Å². The highest BCUT2D eigenvalue weighted by Gasteiger charge is 2.16. The van der Waals surface area contributed by atoms with Gasteiger partial charge in [0.1, 0.15) is 11.5 Å². The van der Waals surface area contributed by atoms with Gasteiger partial charge < -0.3 is 30.7 Å². The topological polar surface area (TPSA) is 135 Å². The van der Waals surface area contributed by atoms with Crippen molar-refractivity contribution in [1.82, 2.24) is 10.6 Å². The van der Waals surface area contributed by atoms with Crippen LogP contribution in [0.15, 0.2) is 36.4 Å². The van der Waals surface area contributed by atoms with Crippen LogP contribution in [-0.2, 0) is 9.59 Å². The molecule has 0 radical (unpaired) electrons. The normalized spacial score (nSPS) is 9.97. The number of amides is 4. The van der Waals surface area contributed by atoms with Crippen LogP contribution in [0.5, 0.6) is 11.5 Å². The second kappa shape index (κ2) is 11.9. The Balaban J connectivity index is 2.07. The summed E-state index contributed by atoms with van der Waals surface area (Å²) < 4.78 is 10.6. The number of hydrogen-bond donors (Lipinski definition) is 4. The minimum absolute atomic E-state index is 0.175. The molecule has 0 spiro atoms. The highest BCUT2D eigenvalue weighted by molar-refractivity contribution is 6.03. The van der Waals surface area contributed by atoms with Gasteiger partial charge >= 0.3 is 0 Å². The first-order chi connectivity index (χ1) is 15.4. The highest BCUT2D eigenvalue weighted by Crippen LogP contribution is 2.24. The minimum Gasteiger partial charge on any atom is -0.496 e. The Morgan fingerprint density at radius 2 is 1.53 bits per heavy atom. The fourth-order valence-corrected chi connectivity index (χ4v) is 2.83. The lowest BCUT2D eigenvalue weighted by molar-refractivity contribution is -0.115. The summed E-state index contributed by atoms with van der Waals surface area (Å²) >= 11 is 0. The number of rotatable bonds is 11. The largest absolute Gasteiger partial charge is 0.496 e. The number of ether oxygens (including phenoxy) is 2. The maximum Gasteiger partial charge on any atom is 0.255 e. The van der Waals surface area contributed by atoms with Gasteiger partial charge in [-0.3, -0.25) is 19.2 Å². The van der Waals surface area contributed by atoms with E-state index in [4.69, 9.17) is 9.47 Å². The predicted molar refractivity (Wildman–Crippen MR) is 119 cm³/mol. The summed E-state index contributed by atoms with van der Waals surface area (Å²) in [6, 6.07) is 9.26. The van der Waals surface area contributed by atoms with Gasteiger partial charge in [0.15, 0.2) is 0 Å². The lowest BCUT2D eigenvalue weighted by Gasteiger charge is -2.13. The van der Waals surface area contributed by atoms with E-state index in [0.29, 0.717) is 42.4 Å². The quantitative estimate of drug-likeness (QED) is 0.392. The Kier molecular flexibility index (Phi) is 9.03. The van der Waals surface area contributed by atoms with E-state index in [0.717, 1.165) is 0 Å². The molecule has 0 aliphatic heterocycles. The van der Waals surface area contributed by atoms with E-state index in [-0.39, 0.29) is 23.6 Å². The molecular weight excluding hydrogens is 416 g/mol. The summed E-state index contributed by atoms with van der Waals surface area (Å²) in [5.74, 6) is -0.680. The molecule has 0 aromatic heterocycles. The molecule has 2 aromatic rings.